The summed E-state index contributed by atoms with van der Waals surface area (Å²) in [6.07, 6.45) is 0.158. The summed E-state index contributed by atoms with van der Waals surface area (Å²) < 4.78 is 10.5. The third kappa shape index (κ3) is 5.67. The van der Waals surface area contributed by atoms with E-state index in [-0.39, 0.29) is 17.9 Å². The van der Waals surface area contributed by atoms with Crippen LogP contribution in [0.15, 0.2) is 76.7 Å². The molecule has 1 unspecified atom stereocenters. The van der Waals surface area contributed by atoms with Gasteiger partial charge in [-0.1, -0.05) is 41.4 Å². The fourth-order valence-corrected chi connectivity index (χ4v) is 4.62. The lowest BCUT2D eigenvalue weighted by molar-refractivity contribution is 0.0528. The molecule has 4 rings (SSSR count). The number of thiophene rings is 1. The van der Waals surface area contributed by atoms with Crippen LogP contribution in [0.5, 0.6) is 0 Å². The van der Waals surface area contributed by atoms with Gasteiger partial charge in [-0.25, -0.2) is 4.79 Å². The van der Waals surface area contributed by atoms with Crippen LogP contribution >= 0.6 is 22.9 Å². The molecular weight excluding hydrogens is 500 g/mol. The van der Waals surface area contributed by atoms with Gasteiger partial charge in [-0.2, -0.15) is 0 Å². The molecule has 9 heteroatoms. The number of rotatable bonds is 9. The predicted molar refractivity (Wildman–Crippen MR) is 140 cm³/mol. The molecule has 4 aromatic rings. The Morgan fingerprint density at radius 3 is 2.42 bits per heavy atom. The summed E-state index contributed by atoms with van der Waals surface area (Å²) in [5.74, 6) is -1.51. The van der Waals surface area contributed by atoms with E-state index in [4.69, 9.17) is 20.8 Å². The van der Waals surface area contributed by atoms with Crippen LogP contribution in [0.2, 0.25) is 5.02 Å². The topological polar surface area (TPSA) is 97.6 Å². The number of amides is 1. The average Bonchev–Trinajstić information content (AvgIpc) is 3.55. The van der Waals surface area contributed by atoms with Crippen molar-refractivity contribution in [2.75, 3.05) is 11.9 Å². The minimum absolute atomic E-state index is 0.0443. The van der Waals surface area contributed by atoms with Crippen LogP contribution < -0.4 is 10.6 Å². The molecule has 0 aliphatic rings. The first-order valence-corrected chi connectivity index (χ1v) is 12.4. The monoisotopic (exact) mass is 522 g/mol. The highest BCUT2D eigenvalue weighted by Gasteiger charge is 2.28. The first-order chi connectivity index (χ1) is 17.4. The van der Waals surface area contributed by atoms with E-state index in [1.54, 1.807) is 37.3 Å². The van der Waals surface area contributed by atoms with E-state index in [9.17, 15) is 14.4 Å². The number of anilines is 1. The Labute approximate surface area is 217 Å². The number of ketones is 1. The number of furan rings is 1. The van der Waals surface area contributed by atoms with E-state index >= 15 is 0 Å². The minimum atomic E-state index is -1.21. The third-order valence-electron chi connectivity index (χ3n) is 5.32. The number of carbonyl (C=O) groups is 3. The molecule has 2 aromatic heterocycles. The molecule has 0 saturated carbocycles. The third-order valence-corrected chi connectivity index (χ3v) is 6.48. The van der Waals surface area contributed by atoms with E-state index in [0.29, 0.717) is 21.2 Å². The number of hydrogen-bond donors (Lipinski definition) is 2. The first-order valence-electron chi connectivity index (χ1n) is 11.1. The van der Waals surface area contributed by atoms with Gasteiger partial charge in [0.1, 0.15) is 10.6 Å². The number of nitrogens with one attached hydrogen (secondary N) is 2. The van der Waals surface area contributed by atoms with Gasteiger partial charge < -0.3 is 19.8 Å². The Bertz CT molecular complexity index is 1360. The first kappa shape index (κ1) is 25.2. The van der Waals surface area contributed by atoms with E-state index in [1.807, 2.05) is 36.6 Å². The normalized spacial score (nSPS) is 11.5. The summed E-state index contributed by atoms with van der Waals surface area (Å²) >= 11 is 7.21. The zero-order valence-electron chi connectivity index (χ0n) is 19.5. The molecular formula is C27H23ClN2O5S. The van der Waals surface area contributed by atoms with Crippen LogP contribution in [0, 0.1) is 6.92 Å². The number of halogens is 1. The van der Waals surface area contributed by atoms with E-state index in [2.05, 4.69) is 10.6 Å². The van der Waals surface area contributed by atoms with Crippen molar-refractivity contribution in [2.45, 2.75) is 20.0 Å². The quantitative estimate of drug-likeness (QED) is 0.154. The molecule has 1 amide bonds. The maximum Gasteiger partial charge on any atom is 0.341 e. The van der Waals surface area contributed by atoms with Crippen molar-refractivity contribution in [2.24, 2.45) is 0 Å². The zero-order chi connectivity index (χ0) is 25.7. The summed E-state index contributed by atoms with van der Waals surface area (Å²) in [4.78, 5) is 39.2. The highest BCUT2D eigenvalue weighted by Crippen LogP contribution is 2.37. The highest BCUT2D eigenvalue weighted by molar-refractivity contribution is 7.15. The van der Waals surface area contributed by atoms with Crippen molar-refractivity contribution in [3.05, 3.63) is 99.8 Å². The van der Waals surface area contributed by atoms with Crippen LogP contribution in [-0.2, 0) is 4.74 Å². The van der Waals surface area contributed by atoms with Crippen LogP contribution in [0.25, 0.3) is 11.1 Å². The summed E-state index contributed by atoms with van der Waals surface area (Å²) in [7, 11) is 0. The van der Waals surface area contributed by atoms with Crippen LogP contribution in [0.4, 0.5) is 5.00 Å². The standard InChI is InChI=1S/C27H23ClN2O5S/c1-3-34-27(33)22-20(17-8-6-16(2)7-9-17)15-36-26(22)30-24(29-25(32)21-5-4-14-35-21)23(31)18-10-12-19(28)13-11-18/h4-15,24,30H,3H2,1-2H3,(H,29,32). The van der Waals surface area contributed by atoms with Crippen molar-refractivity contribution in [3.63, 3.8) is 0 Å². The molecule has 0 saturated heterocycles. The largest absolute Gasteiger partial charge is 0.462 e. The Morgan fingerprint density at radius 2 is 1.78 bits per heavy atom. The van der Waals surface area contributed by atoms with Crippen LogP contribution in [-0.4, -0.2) is 30.4 Å². The van der Waals surface area contributed by atoms with Crippen LogP contribution in [0.3, 0.4) is 0 Å². The molecule has 2 aromatic carbocycles. The minimum Gasteiger partial charge on any atom is -0.462 e. The molecule has 0 radical (unpaired) electrons. The van der Waals surface area contributed by atoms with Crippen molar-refractivity contribution in [3.8, 4) is 11.1 Å². The second-order valence-electron chi connectivity index (χ2n) is 7.84. The molecule has 36 heavy (non-hydrogen) atoms. The van der Waals surface area contributed by atoms with Crippen molar-refractivity contribution < 1.29 is 23.5 Å². The number of ether oxygens (including phenoxy) is 1. The number of benzene rings is 2. The summed E-state index contributed by atoms with van der Waals surface area (Å²) in [6, 6.07) is 17.1. The molecule has 0 aliphatic heterocycles. The molecule has 7 nitrogen and oxygen atoms in total. The smallest absolute Gasteiger partial charge is 0.341 e. The molecule has 0 bridgehead atoms. The number of carbonyl (C=O) groups excluding carboxylic acids is 3. The summed E-state index contributed by atoms with van der Waals surface area (Å²) in [5.41, 5.74) is 3.18. The second kappa shape index (κ2) is 11.2. The maximum atomic E-state index is 13.4. The lowest BCUT2D eigenvalue weighted by atomic mass is 10.0. The van der Waals surface area contributed by atoms with Gasteiger partial charge >= 0.3 is 5.97 Å². The van der Waals surface area contributed by atoms with Crippen molar-refractivity contribution >= 4 is 45.6 Å². The summed E-state index contributed by atoms with van der Waals surface area (Å²) in [6.45, 7) is 3.88. The van der Waals surface area contributed by atoms with Gasteiger partial charge in [-0.3, -0.25) is 9.59 Å². The predicted octanol–water partition coefficient (Wildman–Crippen LogP) is 6.20. The number of Topliss-reactive ketones (excluding diaryl/α,β-unsaturated/α-hetero) is 1. The molecule has 0 spiro atoms. The molecule has 0 aliphatic carbocycles. The number of esters is 1. The van der Waals surface area contributed by atoms with Gasteiger partial charge in [0.15, 0.2) is 11.9 Å². The Morgan fingerprint density at radius 1 is 1.06 bits per heavy atom. The van der Waals surface area contributed by atoms with E-state index < -0.39 is 23.8 Å². The lowest BCUT2D eigenvalue weighted by Gasteiger charge is -2.20. The van der Waals surface area contributed by atoms with E-state index in [0.717, 1.165) is 11.1 Å². The number of hydrogen-bond acceptors (Lipinski definition) is 7. The van der Waals surface area contributed by atoms with Gasteiger partial charge in [-0.05, 0) is 55.8 Å². The molecule has 0 fully saturated rings. The molecule has 2 N–H and O–H groups in total. The Kier molecular flexibility index (Phi) is 7.87. The molecule has 184 valence electrons. The highest BCUT2D eigenvalue weighted by atomic mass is 35.5. The Hall–Kier alpha value is -3.88. The lowest BCUT2D eigenvalue weighted by Crippen LogP contribution is -2.46. The average molecular weight is 523 g/mol. The van der Waals surface area contributed by atoms with Gasteiger partial charge in [0.2, 0.25) is 5.78 Å². The maximum absolute atomic E-state index is 13.4. The van der Waals surface area contributed by atoms with Crippen LogP contribution in [0.1, 0.15) is 43.8 Å². The van der Waals surface area contributed by atoms with Gasteiger partial charge in [0.25, 0.3) is 5.91 Å². The fourth-order valence-electron chi connectivity index (χ4n) is 3.50. The van der Waals surface area contributed by atoms with Crippen molar-refractivity contribution in [1.29, 1.82) is 0 Å². The SMILES string of the molecule is CCOC(=O)c1c(-c2ccc(C)cc2)csc1NC(NC(=O)c1ccco1)C(=O)c1ccc(Cl)cc1. The Balaban J connectivity index is 1.72. The summed E-state index contributed by atoms with van der Waals surface area (Å²) in [5, 5.41) is 8.39. The molecule has 1 atom stereocenters. The second-order valence-corrected chi connectivity index (χ2v) is 9.16. The van der Waals surface area contributed by atoms with E-state index in [1.165, 1.54) is 23.7 Å². The zero-order valence-corrected chi connectivity index (χ0v) is 21.1. The van der Waals surface area contributed by atoms with Gasteiger partial charge in [-0.15, -0.1) is 11.3 Å². The van der Waals surface area contributed by atoms with Gasteiger partial charge in [0.05, 0.1) is 12.9 Å². The van der Waals surface area contributed by atoms with Crippen molar-refractivity contribution in [1.82, 2.24) is 5.32 Å². The number of aryl methyl sites for hydroxylation is 1. The van der Waals surface area contributed by atoms with Gasteiger partial charge in [0, 0.05) is 21.5 Å². The molecule has 2 heterocycles. The fraction of sp³-hybridized carbons (Fsp3) is 0.148.